The number of carbonyl (C=O) groups excluding carboxylic acids is 3. The van der Waals surface area contributed by atoms with Crippen molar-refractivity contribution in [2.45, 2.75) is 25.7 Å². The maximum Gasteiger partial charge on any atom is 0.294 e. The molecule has 1 aliphatic rings. The van der Waals surface area contributed by atoms with Crippen LogP contribution in [0.2, 0.25) is 5.02 Å². The molecule has 1 fully saturated rings. The summed E-state index contributed by atoms with van der Waals surface area (Å²) < 4.78 is 10.8. The van der Waals surface area contributed by atoms with Gasteiger partial charge in [0.05, 0.1) is 11.6 Å². The van der Waals surface area contributed by atoms with Crippen LogP contribution >= 0.6 is 11.6 Å². The molecule has 2 N–H and O–H groups in total. The summed E-state index contributed by atoms with van der Waals surface area (Å²) in [6.45, 7) is 1.02. The predicted octanol–water partition coefficient (Wildman–Crippen LogP) is 3.98. The number of furan rings is 1. The number of amides is 3. The van der Waals surface area contributed by atoms with E-state index in [1.54, 1.807) is 49.5 Å². The summed E-state index contributed by atoms with van der Waals surface area (Å²) in [5, 5.41) is 5.95. The Morgan fingerprint density at radius 2 is 1.86 bits per heavy atom. The van der Waals surface area contributed by atoms with Crippen molar-refractivity contribution >= 4 is 51.9 Å². The fourth-order valence-corrected chi connectivity index (χ4v) is 4.42. The van der Waals surface area contributed by atoms with Crippen LogP contribution in [0.1, 0.15) is 36.2 Å². The van der Waals surface area contributed by atoms with Gasteiger partial charge < -0.3 is 24.7 Å². The zero-order valence-electron chi connectivity index (χ0n) is 20.1. The van der Waals surface area contributed by atoms with E-state index in [1.165, 1.54) is 6.20 Å². The smallest absolute Gasteiger partial charge is 0.294 e. The van der Waals surface area contributed by atoms with Crippen molar-refractivity contribution in [3.63, 3.8) is 0 Å². The van der Waals surface area contributed by atoms with E-state index in [9.17, 15) is 14.4 Å². The van der Waals surface area contributed by atoms with Gasteiger partial charge in [-0.2, -0.15) is 0 Å². The number of rotatable bonds is 8. The van der Waals surface area contributed by atoms with Crippen molar-refractivity contribution in [3.8, 4) is 0 Å². The lowest BCUT2D eigenvalue weighted by Crippen LogP contribution is -2.38. The summed E-state index contributed by atoms with van der Waals surface area (Å²) in [6, 6.07) is 6.52. The third kappa shape index (κ3) is 5.83. The molecular formula is C25H28ClN5O5. The number of ether oxygens (including phenoxy) is 1. The standard InChI is InChI=1S/C25H28ClN5O5/c1-31(12-13-35-2)25(34)16-7-5-15(6-8-16)23(32)30-21-20-18(4-3-11-27-20)36-22(21)24(33)29-19-10-9-17(26)14-28-19/h3-4,9-11,14-16H,5-8,12-13H2,1-2H3,(H,30,32)(H,28,29,33). The van der Waals surface area contributed by atoms with Crippen molar-refractivity contribution < 1.29 is 23.5 Å². The SMILES string of the molecule is COCCN(C)C(=O)C1CCC(C(=O)Nc2c(C(=O)Nc3ccc(Cl)cn3)oc3cccnc23)CC1. The predicted molar refractivity (Wildman–Crippen MR) is 135 cm³/mol. The maximum absolute atomic E-state index is 13.2. The normalized spacial score (nSPS) is 17.5. The van der Waals surface area contributed by atoms with Gasteiger partial charge in [-0.25, -0.2) is 4.98 Å². The van der Waals surface area contributed by atoms with Crippen molar-refractivity contribution in [1.29, 1.82) is 0 Å². The van der Waals surface area contributed by atoms with Crippen molar-refractivity contribution in [3.05, 3.63) is 47.4 Å². The maximum atomic E-state index is 13.2. The topological polar surface area (TPSA) is 127 Å². The Morgan fingerprint density at radius 1 is 1.11 bits per heavy atom. The molecule has 0 spiro atoms. The lowest BCUT2D eigenvalue weighted by atomic mass is 9.81. The number of methoxy groups -OCH3 is 1. The molecule has 190 valence electrons. The molecule has 10 nitrogen and oxygen atoms in total. The Balaban J connectivity index is 1.45. The highest BCUT2D eigenvalue weighted by Gasteiger charge is 2.33. The van der Waals surface area contributed by atoms with Crippen LogP contribution in [0.25, 0.3) is 11.1 Å². The average molecular weight is 514 g/mol. The first-order chi connectivity index (χ1) is 17.4. The first kappa shape index (κ1) is 25.6. The number of nitrogens with zero attached hydrogens (tertiary/aromatic N) is 3. The van der Waals surface area contributed by atoms with Crippen LogP contribution in [0.15, 0.2) is 41.1 Å². The van der Waals surface area contributed by atoms with Gasteiger partial charge in [0, 0.05) is 44.9 Å². The van der Waals surface area contributed by atoms with Crippen LogP contribution in [0.5, 0.6) is 0 Å². The second-order valence-electron chi connectivity index (χ2n) is 8.76. The van der Waals surface area contributed by atoms with Gasteiger partial charge >= 0.3 is 0 Å². The number of likely N-dealkylation sites (N-methyl/N-ethyl adjacent to an activating group) is 1. The Hall–Kier alpha value is -3.50. The minimum Gasteiger partial charge on any atom is -0.447 e. The highest BCUT2D eigenvalue weighted by molar-refractivity contribution is 6.30. The number of nitrogens with one attached hydrogen (secondary N) is 2. The summed E-state index contributed by atoms with van der Waals surface area (Å²) in [5.41, 5.74) is 0.957. The van der Waals surface area contributed by atoms with Crippen LogP contribution < -0.4 is 10.6 Å². The van der Waals surface area contributed by atoms with Gasteiger partial charge in [-0.05, 0) is 49.9 Å². The van der Waals surface area contributed by atoms with Gasteiger partial charge in [0.2, 0.25) is 17.6 Å². The Bertz CT molecular complexity index is 1240. The van der Waals surface area contributed by atoms with Gasteiger partial charge in [-0.1, -0.05) is 11.6 Å². The molecule has 11 heteroatoms. The summed E-state index contributed by atoms with van der Waals surface area (Å²) in [6.07, 6.45) is 5.35. The zero-order chi connectivity index (χ0) is 25.7. The highest BCUT2D eigenvalue weighted by Crippen LogP contribution is 2.34. The zero-order valence-corrected chi connectivity index (χ0v) is 20.9. The van der Waals surface area contributed by atoms with E-state index in [0.29, 0.717) is 55.0 Å². The van der Waals surface area contributed by atoms with Crippen molar-refractivity contribution in [2.24, 2.45) is 11.8 Å². The molecule has 3 aromatic heterocycles. The number of halogens is 1. The number of hydrogen-bond acceptors (Lipinski definition) is 7. The van der Waals surface area contributed by atoms with Gasteiger partial charge in [0.1, 0.15) is 17.0 Å². The Morgan fingerprint density at radius 3 is 2.56 bits per heavy atom. The number of anilines is 2. The fraction of sp³-hybridized carbons (Fsp3) is 0.400. The third-order valence-corrected chi connectivity index (χ3v) is 6.55. The summed E-state index contributed by atoms with van der Waals surface area (Å²) in [5.74, 6) is -0.926. The monoisotopic (exact) mass is 513 g/mol. The second-order valence-corrected chi connectivity index (χ2v) is 9.20. The number of fused-ring (bicyclic) bond motifs is 1. The van der Waals surface area contributed by atoms with E-state index in [0.717, 1.165) is 0 Å². The number of hydrogen-bond donors (Lipinski definition) is 2. The van der Waals surface area contributed by atoms with E-state index in [-0.39, 0.29) is 40.9 Å². The van der Waals surface area contributed by atoms with Gasteiger partial charge in [0.15, 0.2) is 5.58 Å². The fourth-order valence-electron chi connectivity index (χ4n) is 4.31. The van der Waals surface area contributed by atoms with E-state index >= 15 is 0 Å². The minimum absolute atomic E-state index is 0.0718. The molecule has 3 amide bonds. The van der Waals surface area contributed by atoms with Crippen LogP contribution in [0.3, 0.4) is 0 Å². The molecule has 0 unspecified atom stereocenters. The van der Waals surface area contributed by atoms with Crippen molar-refractivity contribution in [2.75, 3.05) is 37.9 Å². The molecule has 3 aromatic rings. The second kappa shape index (κ2) is 11.5. The minimum atomic E-state index is -0.577. The Labute approximate surface area is 213 Å². The van der Waals surface area contributed by atoms with Crippen LogP contribution in [0.4, 0.5) is 11.5 Å². The van der Waals surface area contributed by atoms with E-state index in [4.69, 9.17) is 20.8 Å². The summed E-state index contributed by atoms with van der Waals surface area (Å²) in [4.78, 5) is 48.9. The molecule has 1 saturated carbocycles. The average Bonchev–Trinajstić information content (AvgIpc) is 3.26. The molecule has 3 heterocycles. The largest absolute Gasteiger partial charge is 0.447 e. The van der Waals surface area contributed by atoms with Crippen molar-refractivity contribution in [1.82, 2.24) is 14.9 Å². The molecule has 0 saturated heterocycles. The van der Waals surface area contributed by atoms with Gasteiger partial charge in [-0.3, -0.25) is 19.4 Å². The van der Waals surface area contributed by atoms with Crippen LogP contribution in [-0.4, -0.2) is 59.9 Å². The lowest BCUT2D eigenvalue weighted by molar-refractivity contribution is -0.137. The molecular weight excluding hydrogens is 486 g/mol. The summed E-state index contributed by atoms with van der Waals surface area (Å²) >= 11 is 5.86. The van der Waals surface area contributed by atoms with Gasteiger partial charge in [0.25, 0.3) is 5.91 Å². The quantitative estimate of drug-likeness (QED) is 0.466. The Kier molecular flexibility index (Phi) is 8.17. The molecule has 0 aliphatic heterocycles. The molecule has 0 radical (unpaired) electrons. The molecule has 4 rings (SSSR count). The molecule has 0 atom stereocenters. The molecule has 0 bridgehead atoms. The lowest BCUT2D eigenvalue weighted by Gasteiger charge is -2.30. The first-order valence-corrected chi connectivity index (χ1v) is 12.1. The van der Waals surface area contributed by atoms with E-state index in [2.05, 4.69) is 20.6 Å². The van der Waals surface area contributed by atoms with Crippen LogP contribution in [-0.2, 0) is 14.3 Å². The van der Waals surface area contributed by atoms with E-state index < -0.39 is 5.91 Å². The summed E-state index contributed by atoms with van der Waals surface area (Å²) in [7, 11) is 3.37. The molecule has 36 heavy (non-hydrogen) atoms. The first-order valence-electron chi connectivity index (χ1n) is 11.7. The number of aromatic nitrogens is 2. The highest BCUT2D eigenvalue weighted by atomic mass is 35.5. The molecule has 1 aliphatic carbocycles. The van der Waals surface area contributed by atoms with E-state index in [1.807, 2.05) is 0 Å². The third-order valence-electron chi connectivity index (χ3n) is 6.32. The van der Waals surface area contributed by atoms with Gasteiger partial charge in [-0.15, -0.1) is 0 Å². The number of carbonyl (C=O) groups is 3. The number of pyridine rings is 2. The van der Waals surface area contributed by atoms with Crippen LogP contribution in [0, 0.1) is 11.8 Å². The molecule has 0 aromatic carbocycles.